The molecule has 2 heterocycles. The van der Waals surface area contributed by atoms with E-state index in [9.17, 15) is 39.0 Å². The summed E-state index contributed by atoms with van der Waals surface area (Å²) in [6.07, 6.45) is -1.25. The number of aryl methyl sites for hydroxylation is 1. The molecule has 5 amide bonds. The molecule has 1 aromatic heterocycles. The average Bonchev–Trinajstić information content (AvgIpc) is 3.40. The number of aromatic nitrogens is 1. The van der Waals surface area contributed by atoms with Crippen molar-refractivity contribution in [2.75, 3.05) is 5.75 Å². The third-order valence-electron chi connectivity index (χ3n) is 8.28. The van der Waals surface area contributed by atoms with Gasteiger partial charge in [-0.15, -0.1) is 11.8 Å². The Morgan fingerprint density at radius 2 is 1.58 bits per heavy atom. The van der Waals surface area contributed by atoms with E-state index in [2.05, 4.69) is 31.6 Å². The van der Waals surface area contributed by atoms with Crippen LogP contribution in [0.2, 0.25) is 0 Å². The van der Waals surface area contributed by atoms with Gasteiger partial charge >= 0.3 is 5.97 Å². The topological polar surface area (TPSA) is 219 Å². The van der Waals surface area contributed by atoms with Crippen LogP contribution in [0.15, 0.2) is 53.6 Å². The number of rotatable bonds is 6. The van der Waals surface area contributed by atoms with Crippen molar-refractivity contribution >= 4 is 58.2 Å². The molecule has 15 heteroatoms. The smallest absolute Gasteiger partial charge is 0.327 e. The fourth-order valence-corrected chi connectivity index (χ4v) is 6.61. The summed E-state index contributed by atoms with van der Waals surface area (Å²) in [6.45, 7) is 8.25. The molecule has 3 aromatic rings. The molecule has 0 fully saturated rings. The largest absolute Gasteiger partial charge is 0.480 e. The highest BCUT2D eigenvalue weighted by atomic mass is 32.2. The molecule has 8 N–H and O–H groups in total. The minimum absolute atomic E-state index is 0.0429. The normalized spacial score (nSPS) is 23.4. The molecule has 0 saturated carbocycles. The zero-order chi connectivity index (χ0) is 36.7. The van der Waals surface area contributed by atoms with Crippen molar-refractivity contribution in [3.8, 4) is 0 Å². The molecular weight excluding hydrogens is 664 g/mol. The third-order valence-corrected chi connectivity index (χ3v) is 9.42. The van der Waals surface area contributed by atoms with Gasteiger partial charge in [0.15, 0.2) is 0 Å². The molecule has 0 saturated heterocycles. The number of hydrogen-bond acceptors (Lipinski definition) is 8. The number of fused-ring (bicyclic) bond motifs is 3. The zero-order valence-electron chi connectivity index (χ0n) is 28.5. The van der Waals surface area contributed by atoms with Gasteiger partial charge in [0.25, 0.3) is 5.91 Å². The summed E-state index contributed by atoms with van der Waals surface area (Å²) in [7, 11) is 0. The number of para-hydroxylation sites is 1. The fourth-order valence-electron chi connectivity index (χ4n) is 5.50. The van der Waals surface area contributed by atoms with Crippen LogP contribution in [0.5, 0.6) is 0 Å². The van der Waals surface area contributed by atoms with Crippen molar-refractivity contribution in [2.45, 2.75) is 88.8 Å². The Labute approximate surface area is 293 Å². The first-order valence-electron chi connectivity index (χ1n) is 16.4. The highest BCUT2D eigenvalue weighted by molar-refractivity contribution is 7.99. The minimum Gasteiger partial charge on any atom is -0.480 e. The summed E-state index contributed by atoms with van der Waals surface area (Å²) < 4.78 is 0. The van der Waals surface area contributed by atoms with Crippen molar-refractivity contribution in [3.63, 3.8) is 0 Å². The Hall–Kier alpha value is -4.89. The van der Waals surface area contributed by atoms with Crippen LogP contribution >= 0.6 is 11.8 Å². The summed E-state index contributed by atoms with van der Waals surface area (Å²) in [5, 5.41) is 34.5. The van der Waals surface area contributed by atoms with Crippen molar-refractivity contribution in [1.29, 1.82) is 0 Å². The van der Waals surface area contributed by atoms with E-state index < -0.39 is 71.8 Å². The van der Waals surface area contributed by atoms with Gasteiger partial charge in [-0.25, -0.2) is 4.79 Å². The lowest BCUT2D eigenvalue weighted by Gasteiger charge is -2.27. The van der Waals surface area contributed by atoms with Crippen LogP contribution in [-0.4, -0.2) is 92.8 Å². The molecule has 0 unspecified atom stereocenters. The molecule has 1 aliphatic rings. The lowest BCUT2D eigenvalue weighted by atomic mass is 10.00. The zero-order valence-corrected chi connectivity index (χ0v) is 29.4. The number of aliphatic hydroxyl groups is 1. The van der Waals surface area contributed by atoms with Gasteiger partial charge in [0.1, 0.15) is 30.2 Å². The van der Waals surface area contributed by atoms with Crippen molar-refractivity contribution < 1.29 is 39.0 Å². The van der Waals surface area contributed by atoms with Crippen molar-refractivity contribution in [1.82, 2.24) is 31.6 Å². The number of aliphatic carboxylic acids is 1. The number of aromatic amines is 1. The van der Waals surface area contributed by atoms with Gasteiger partial charge < -0.3 is 41.8 Å². The first kappa shape index (κ1) is 37.9. The van der Waals surface area contributed by atoms with Gasteiger partial charge in [0.2, 0.25) is 23.6 Å². The molecular formula is C35H44N6O8S. The van der Waals surface area contributed by atoms with Gasteiger partial charge in [0.05, 0.1) is 11.1 Å². The quantitative estimate of drug-likeness (QED) is 0.185. The van der Waals surface area contributed by atoms with Crippen LogP contribution in [-0.2, 0) is 30.4 Å². The molecule has 0 aliphatic carbocycles. The predicted octanol–water partition coefficient (Wildman–Crippen LogP) is 1.39. The predicted molar refractivity (Wildman–Crippen MR) is 187 cm³/mol. The summed E-state index contributed by atoms with van der Waals surface area (Å²) in [6, 6.07) is 7.61. The second-order valence-corrected chi connectivity index (χ2v) is 14.0. The molecule has 0 bridgehead atoms. The second-order valence-electron chi connectivity index (χ2n) is 12.9. The molecule has 268 valence electrons. The van der Waals surface area contributed by atoms with E-state index >= 15 is 0 Å². The standard InChI is InChI=1S/C35H44N6O8S/c1-17(2)14-25-31(45)36-19(4)29(43)41-28(20(5)42)33(47)39-27(35(48)49)16-50-34-23(22-8-6-7-9-24(22)40-34)15-26(32(46)38-25)37-30(44)21-12-10-18(3)11-13-21/h6-13,17,19-20,25-28,40,42H,14-16H2,1-5H3,(H,36,45)(H,37,44)(H,38,46)(H,39,47)(H,41,43)(H,48,49)/t19-,20-,25+,26+,27+,28+/m1/s1. The summed E-state index contributed by atoms with van der Waals surface area (Å²) in [4.78, 5) is 83.0. The lowest BCUT2D eigenvalue weighted by Crippen LogP contribution is -2.60. The van der Waals surface area contributed by atoms with Crippen LogP contribution in [0.1, 0.15) is 55.6 Å². The van der Waals surface area contributed by atoms with Crippen LogP contribution in [0.4, 0.5) is 0 Å². The monoisotopic (exact) mass is 708 g/mol. The third kappa shape index (κ3) is 9.63. The summed E-state index contributed by atoms with van der Waals surface area (Å²) >= 11 is 1.09. The average molecular weight is 709 g/mol. The van der Waals surface area contributed by atoms with Gasteiger partial charge in [0, 0.05) is 28.6 Å². The molecule has 50 heavy (non-hydrogen) atoms. The molecule has 0 radical (unpaired) electrons. The number of carboxylic acid groups (broad SMARTS) is 1. The van der Waals surface area contributed by atoms with E-state index in [4.69, 9.17) is 0 Å². The van der Waals surface area contributed by atoms with Gasteiger partial charge in [-0.1, -0.05) is 49.7 Å². The maximum Gasteiger partial charge on any atom is 0.327 e. The molecule has 2 aromatic carbocycles. The number of benzene rings is 2. The molecule has 0 spiro atoms. The molecule has 4 rings (SSSR count). The SMILES string of the molecule is Cc1ccc(C(=O)N[C@H]2Cc3c([nH]c4ccccc34)SC[C@@H](C(=O)O)NC(=O)[C@H]([C@@H](C)O)NC(=O)[C@@H](C)NC(=O)[C@H](CC(C)C)NC2=O)cc1. The van der Waals surface area contributed by atoms with Gasteiger partial charge in [-0.2, -0.15) is 0 Å². The number of thioether (sulfide) groups is 1. The van der Waals surface area contributed by atoms with Crippen molar-refractivity contribution in [3.05, 3.63) is 65.2 Å². The van der Waals surface area contributed by atoms with E-state index in [0.29, 0.717) is 21.7 Å². The van der Waals surface area contributed by atoms with E-state index in [1.165, 1.54) is 13.8 Å². The van der Waals surface area contributed by atoms with Gasteiger partial charge in [-0.05, 0) is 56.9 Å². The number of carboxylic acids is 1. The number of amides is 5. The Bertz CT molecular complexity index is 1740. The second kappa shape index (κ2) is 16.7. The number of hydrogen-bond donors (Lipinski definition) is 8. The Morgan fingerprint density at radius 3 is 2.22 bits per heavy atom. The van der Waals surface area contributed by atoms with Crippen LogP contribution in [0, 0.1) is 12.8 Å². The summed E-state index contributed by atoms with van der Waals surface area (Å²) in [5.74, 6) is -5.16. The number of carbonyl (C=O) groups is 6. The van der Waals surface area contributed by atoms with E-state index in [1.54, 1.807) is 24.3 Å². The summed E-state index contributed by atoms with van der Waals surface area (Å²) in [5.41, 5.74) is 2.57. The molecule has 14 nitrogen and oxygen atoms in total. The first-order chi connectivity index (χ1) is 23.6. The Balaban J connectivity index is 1.80. The Kier molecular flexibility index (Phi) is 12.6. The highest BCUT2D eigenvalue weighted by Gasteiger charge is 2.34. The number of aliphatic hydroxyl groups excluding tert-OH is 1. The highest BCUT2D eigenvalue weighted by Crippen LogP contribution is 2.31. The fraction of sp³-hybridized carbons (Fsp3) is 0.429. The Morgan fingerprint density at radius 1 is 0.900 bits per heavy atom. The maximum atomic E-state index is 14.1. The van der Waals surface area contributed by atoms with Gasteiger partial charge in [-0.3, -0.25) is 24.0 Å². The van der Waals surface area contributed by atoms with E-state index in [1.807, 2.05) is 45.0 Å². The van der Waals surface area contributed by atoms with Crippen molar-refractivity contribution in [2.24, 2.45) is 5.92 Å². The minimum atomic E-state index is -1.53. The molecule has 1 aliphatic heterocycles. The number of H-pyrrole nitrogens is 1. The van der Waals surface area contributed by atoms with E-state index in [0.717, 1.165) is 22.7 Å². The molecule has 6 atom stereocenters. The van der Waals surface area contributed by atoms with Crippen LogP contribution in [0.25, 0.3) is 10.9 Å². The first-order valence-corrected chi connectivity index (χ1v) is 17.3. The number of carbonyl (C=O) groups excluding carboxylic acids is 5. The van der Waals surface area contributed by atoms with Crippen LogP contribution < -0.4 is 26.6 Å². The number of nitrogens with one attached hydrogen (secondary N) is 6. The van der Waals surface area contributed by atoms with E-state index in [-0.39, 0.29) is 24.5 Å². The van der Waals surface area contributed by atoms with Crippen LogP contribution in [0.3, 0.4) is 0 Å². The maximum absolute atomic E-state index is 14.1. The lowest BCUT2D eigenvalue weighted by molar-refractivity contribution is -0.142.